The van der Waals surface area contributed by atoms with Crippen molar-refractivity contribution in [3.05, 3.63) is 146 Å². The van der Waals surface area contributed by atoms with E-state index in [9.17, 15) is 0 Å². The predicted octanol–water partition coefficient (Wildman–Crippen LogP) is 11.4. The zero-order valence-corrected chi connectivity index (χ0v) is 26.3. The van der Waals surface area contributed by atoms with E-state index in [-0.39, 0.29) is 0 Å². The van der Waals surface area contributed by atoms with E-state index in [0.29, 0.717) is 17.5 Å². The molecule has 10 rings (SSSR count). The number of hydrogen-bond acceptors (Lipinski definition) is 6. The van der Waals surface area contributed by atoms with Gasteiger partial charge in [-0.3, -0.25) is 4.98 Å². The number of aromatic nitrogens is 4. The second-order valence-corrected chi connectivity index (χ2v) is 12.9. The molecule has 0 fully saturated rings. The highest BCUT2D eigenvalue weighted by Gasteiger charge is 2.20. The minimum absolute atomic E-state index is 0.578. The number of furan rings is 1. The molecule has 0 spiro atoms. The van der Waals surface area contributed by atoms with Gasteiger partial charge < -0.3 is 4.42 Å². The Kier molecular flexibility index (Phi) is 5.98. The summed E-state index contributed by atoms with van der Waals surface area (Å²) in [5, 5.41) is 6.91. The van der Waals surface area contributed by atoms with Crippen molar-refractivity contribution in [2.24, 2.45) is 0 Å². The van der Waals surface area contributed by atoms with Crippen molar-refractivity contribution < 1.29 is 4.42 Å². The maximum Gasteiger partial charge on any atom is 0.164 e. The summed E-state index contributed by atoms with van der Waals surface area (Å²) >= 11 is 1.85. The minimum Gasteiger partial charge on any atom is -0.456 e. The quantitative estimate of drug-likeness (QED) is 0.193. The van der Waals surface area contributed by atoms with Crippen LogP contribution in [0, 0.1) is 0 Å². The van der Waals surface area contributed by atoms with Crippen LogP contribution in [0.4, 0.5) is 0 Å². The smallest absolute Gasteiger partial charge is 0.164 e. The SMILES string of the molecule is c1ccc(-c2nc(-c3ccccc3)nc(-c3cc(-c4ccc5sc6c7ccccc7ccc6c5c4)cc4oc5ccncc5c34)n2)cc1. The summed E-state index contributed by atoms with van der Waals surface area (Å²) in [5.41, 5.74) is 6.36. The summed E-state index contributed by atoms with van der Waals surface area (Å²) in [6.07, 6.45) is 3.62. The van der Waals surface area contributed by atoms with Crippen LogP contribution in [-0.2, 0) is 0 Å². The van der Waals surface area contributed by atoms with Crippen molar-refractivity contribution in [1.82, 2.24) is 19.9 Å². The maximum absolute atomic E-state index is 6.49. The molecule has 6 aromatic carbocycles. The van der Waals surface area contributed by atoms with Gasteiger partial charge in [-0.15, -0.1) is 11.3 Å². The van der Waals surface area contributed by atoms with Gasteiger partial charge in [0, 0.05) is 60.0 Å². The average molecular weight is 633 g/mol. The molecule has 0 aliphatic heterocycles. The number of rotatable bonds is 4. The molecule has 4 heterocycles. The fourth-order valence-electron chi connectivity index (χ4n) is 6.71. The summed E-state index contributed by atoms with van der Waals surface area (Å²) in [7, 11) is 0. The highest BCUT2D eigenvalue weighted by molar-refractivity contribution is 7.26. The summed E-state index contributed by atoms with van der Waals surface area (Å²) in [4.78, 5) is 19.6. The summed E-state index contributed by atoms with van der Waals surface area (Å²) in [6, 6.07) is 46.2. The number of hydrogen-bond donors (Lipinski definition) is 0. The lowest BCUT2D eigenvalue weighted by Gasteiger charge is -2.11. The Labute approximate surface area is 278 Å². The van der Waals surface area contributed by atoms with Crippen LogP contribution < -0.4 is 0 Å². The van der Waals surface area contributed by atoms with Crippen molar-refractivity contribution in [2.45, 2.75) is 0 Å². The van der Waals surface area contributed by atoms with Crippen LogP contribution in [-0.4, -0.2) is 19.9 Å². The number of pyridine rings is 1. The largest absolute Gasteiger partial charge is 0.456 e. The van der Waals surface area contributed by atoms with E-state index in [0.717, 1.165) is 49.8 Å². The molecule has 0 bridgehead atoms. The molecule has 0 atom stereocenters. The summed E-state index contributed by atoms with van der Waals surface area (Å²) in [6.45, 7) is 0. The van der Waals surface area contributed by atoms with E-state index in [4.69, 9.17) is 19.4 Å². The van der Waals surface area contributed by atoms with Crippen LogP contribution in [0.25, 0.3) is 98.2 Å². The van der Waals surface area contributed by atoms with Gasteiger partial charge in [0.15, 0.2) is 17.5 Å². The molecule has 5 nitrogen and oxygen atoms in total. The van der Waals surface area contributed by atoms with Gasteiger partial charge in [0.2, 0.25) is 0 Å². The molecular weight excluding hydrogens is 609 g/mol. The van der Waals surface area contributed by atoms with Gasteiger partial charge >= 0.3 is 0 Å². The normalized spacial score (nSPS) is 11.8. The van der Waals surface area contributed by atoms with Gasteiger partial charge in [-0.25, -0.2) is 15.0 Å². The Hall–Kier alpha value is -6.24. The highest BCUT2D eigenvalue weighted by Crippen LogP contribution is 2.43. The molecule has 0 unspecified atom stereocenters. The van der Waals surface area contributed by atoms with Crippen LogP contribution in [0.5, 0.6) is 0 Å². The summed E-state index contributed by atoms with van der Waals surface area (Å²) < 4.78 is 9.06. The van der Waals surface area contributed by atoms with Gasteiger partial charge in [0.1, 0.15) is 11.2 Å². The zero-order valence-electron chi connectivity index (χ0n) is 25.5. The van der Waals surface area contributed by atoms with Gasteiger partial charge in [-0.05, 0) is 52.2 Å². The third kappa shape index (κ3) is 4.31. The van der Waals surface area contributed by atoms with Crippen molar-refractivity contribution >= 4 is 64.2 Å². The lowest BCUT2D eigenvalue weighted by atomic mass is 9.97. The van der Waals surface area contributed by atoms with Crippen molar-refractivity contribution in [2.75, 3.05) is 0 Å². The van der Waals surface area contributed by atoms with Gasteiger partial charge in [0.05, 0.1) is 0 Å². The average Bonchev–Trinajstić information content (AvgIpc) is 3.73. The highest BCUT2D eigenvalue weighted by atomic mass is 32.1. The van der Waals surface area contributed by atoms with E-state index in [2.05, 4.69) is 71.7 Å². The minimum atomic E-state index is 0.578. The van der Waals surface area contributed by atoms with Gasteiger partial charge in [0.25, 0.3) is 0 Å². The van der Waals surface area contributed by atoms with E-state index in [1.807, 2.05) is 84.3 Å². The first-order chi connectivity index (χ1) is 23.8. The van der Waals surface area contributed by atoms with Crippen LogP contribution in [0.15, 0.2) is 150 Å². The first kappa shape index (κ1) is 26.9. The molecule has 0 amide bonds. The predicted molar refractivity (Wildman–Crippen MR) is 197 cm³/mol. The van der Waals surface area contributed by atoms with Crippen LogP contribution >= 0.6 is 11.3 Å². The standard InChI is InChI=1S/C42H24N4OS/c1-3-10-26(11-4-1)40-44-41(27-12-5-2-6-13-27)46-42(45-40)33-22-29(23-36-38(33)34-24-43-20-19-35(34)47-36)28-16-18-37-32(21-28)31-17-15-25-9-7-8-14-30(25)39(31)48-37/h1-24H. The molecule has 0 saturated carbocycles. The summed E-state index contributed by atoms with van der Waals surface area (Å²) in [5.74, 6) is 1.80. The molecule has 0 aliphatic rings. The van der Waals surface area contributed by atoms with Crippen molar-refractivity contribution in [3.63, 3.8) is 0 Å². The van der Waals surface area contributed by atoms with E-state index >= 15 is 0 Å². The third-order valence-corrected chi connectivity index (χ3v) is 10.2. The second-order valence-electron chi connectivity index (χ2n) is 11.9. The second kappa shape index (κ2) is 10.7. The fourth-order valence-corrected chi connectivity index (χ4v) is 7.93. The van der Waals surface area contributed by atoms with Gasteiger partial charge in [-0.2, -0.15) is 0 Å². The Bertz CT molecular complexity index is 2780. The first-order valence-corrected chi connectivity index (χ1v) is 16.6. The Morgan fingerprint density at radius 3 is 2.00 bits per heavy atom. The zero-order chi connectivity index (χ0) is 31.6. The lowest BCUT2D eigenvalue weighted by molar-refractivity contribution is 0.668. The van der Waals surface area contributed by atoms with Crippen LogP contribution in [0.3, 0.4) is 0 Å². The molecule has 48 heavy (non-hydrogen) atoms. The Balaban J connectivity index is 1.24. The molecule has 0 saturated heterocycles. The molecule has 4 aromatic heterocycles. The first-order valence-electron chi connectivity index (χ1n) is 15.8. The lowest BCUT2D eigenvalue weighted by Crippen LogP contribution is -2.00. The van der Waals surface area contributed by atoms with E-state index in [1.165, 1.54) is 30.9 Å². The van der Waals surface area contributed by atoms with Crippen LogP contribution in [0.2, 0.25) is 0 Å². The third-order valence-electron chi connectivity index (χ3n) is 9.01. The van der Waals surface area contributed by atoms with Crippen LogP contribution in [0.1, 0.15) is 0 Å². The topological polar surface area (TPSA) is 64.7 Å². The molecule has 224 valence electrons. The Morgan fingerprint density at radius 1 is 0.479 bits per heavy atom. The number of nitrogens with zero attached hydrogens (tertiary/aromatic N) is 4. The molecule has 0 aliphatic carbocycles. The molecule has 10 aromatic rings. The van der Waals surface area contributed by atoms with Crippen molar-refractivity contribution in [3.8, 4) is 45.3 Å². The number of thiophene rings is 1. The van der Waals surface area contributed by atoms with Crippen molar-refractivity contribution in [1.29, 1.82) is 0 Å². The monoisotopic (exact) mass is 632 g/mol. The van der Waals surface area contributed by atoms with E-state index < -0.39 is 0 Å². The molecule has 0 radical (unpaired) electrons. The molecule has 0 N–H and O–H groups in total. The molecular formula is C42H24N4OS. The number of benzene rings is 6. The fraction of sp³-hybridized carbons (Fsp3) is 0. The maximum atomic E-state index is 6.49. The Morgan fingerprint density at radius 2 is 1.21 bits per heavy atom. The van der Waals surface area contributed by atoms with Gasteiger partial charge in [-0.1, -0.05) is 103 Å². The number of fused-ring (bicyclic) bond motifs is 8. The van der Waals surface area contributed by atoms with E-state index in [1.54, 1.807) is 6.20 Å². The molecule has 6 heteroatoms.